The zero-order valence-electron chi connectivity index (χ0n) is 28.8. The molecule has 1 aliphatic carbocycles. The Bertz CT molecular complexity index is 1630. The van der Waals surface area contributed by atoms with Gasteiger partial charge in [0.25, 0.3) is 0 Å². The van der Waals surface area contributed by atoms with E-state index in [0.29, 0.717) is 56.8 Å². The van der Waals surface area contributed by atoms with Gasteiger partial charge in [0, 0.05) is 42.3 Å². The van der Waals surface area contributed by atoms with E-state index in [0.717, 1.165) is 16.7 Å². The number of nitrogens with zero attached hydrogens (tertiary/aromatic N) is 2. The maximum absolute atomic E-state index is 13.7. The van der Waals surface area contributed by atoms with Crippen molar-refractivity contribution in [3.8, 4) is 28.7 Å². The first-order chi connectivity index (χ1) is 23.3. The topological polar surface area (TPSA) is 143 Å². The van der Waals surface area contributed by atoms with Crippen LogP contribution in [0.1, 0.15) is 76.0 Å². The van der Waals surface area contributed by atoms with Crippen LogP contribution in [0.25, 0.3) is 0 Å². The summed E-state index contributed by atoms with van der Waals surface area (Å²) in [7, 11) is 2.94. The number of fused-ring (bicyclic) bond motifs is 3. The summed E-state index contributed by atoms with van der Waals surface area (Å²) in [4.78, 5) is 41.7. The number of benzene rings is 2. The van der Waals surface area contributed by atoms with E-state index in [-0.39, 0.29) is 35.9 Å². The van der Waals surface area contributed by atoms with Crippen molar-refractivity contribution < 1.29 is 52.7 Å². The molecule has 0 saturated carbocycles. The molecule has 0 spiro atoms. The molecule has 0 radical (unpaired) electrons. The molecule has 4 atom stereocenters. The third kappa shape index (κ3) is 5.80. The minimum Gasteiger partial charge on any atom is -0.493 e. The number of carbonyl (C=O) groups is 3. The number of methoxy groups -OCH3 is 2. The summed E-state index contributed by atoms with van der Waals surface area (Å²) in [6.45, 7) is 8.40. The lowest BCUT2D eigenvalue weighted by Crippen LogP contribution is -2.61. The van der Waals surface area contributed by atoms with E-state index >= 15 is 0 Å². The highest BCUT2D eigenvalue weighted by atomic mass is 16.7. The van der Waals surface area contributed by atoms with Crippen molar-refractivity contribution in [2.24, 2.45) is 11.8 Å². The lowest BCUT2D eigenvalue weighted by Gasteiger charge is -2.51. The van der Waals surface area contributed by atoms with Gasteiger partial charge in [-0.2, -0.15) is 5.06 Å². The van der Waals surface area contributed by atoms with Gasteiger partial charge in [0.2, 0.25) is 12.5 Å². The molecule has 7 rings (SSSR count). The Balaban J connectivity index is 1.14. The largest absolute Gasteiger partial charge is 0.493 e. The summed E-state index contributed by atoms with van der Waals surface area (Å²) in [5.74, 6) is 0.0699. The van der Waals surface area contributed by atoms with Crippen LogP contribution in [0.2, 0.25) is 0 Å². The van der Waals surface area contributed by atoms with Crippen LogP contribution in [-0.2, 0) is 25.5 Å². The standard InChI is InChI=1S/C36H44N2O11/c1-35(2)15-22(16-36(3,4)38(35)42)48-34(41)37-9-7-8-24(37)32(39)49-31-27(43-5)12-20(13-28(31)44-6)29-23-14-26-25(46-18-47-26)11-19(23)10-21-17-45-33(40)30(21)29/h11-14,21-22,24,29-30,42H,7-10,15-18H2,1-6H3/t21-,24-,29+,30-/m0/s1. The Morgan fingerprint density at radius 1 is 0.939 bits per heavy atom. The fourth-order valence-corrected chi connectivity index (χ4v) is 8.56. The van der Waals surface area contributed by atoms with Crippen molar-refractivity contribution in [3.63, 3.8) is 0 Å². The molecule has 0 aromatic heterocycles. The number of hydrogen-bond donors (Lipinski definition) is 1. The molecule has 4 heterocycles. The van der Waals surface area contributed by atoms with Crippen LogP contribution in [-0.4, -0.2) is 90.6 Å². The molecule has 3 saturated heterocycles. The second-order valence-corrected chi connectivity index (χ2v) is 14.9. The van der Waals surface area contributed by atoms with Crippen LogP contribution >= 0.6 is 0 Å². The van der Waals surface area contributed by atoms with Gasteiger partial charge in [0.05, 0.1) is 26.7 Å². The van der Waals surface area contributed by atoms with E-state index in [1.807, 2.05) is 39.8 Å². The molecule has 264 valence electrons. The predicted molar refractivity (Wildman–Crippen MR) is 172 cm³/mol. The summed E-state index contributed by atoms with van der Waals surface area (Å²) in [5, 5.41) is 12.0. The Morgan fingerprint density at radius 2 is 1.59 bits per heavy atom. The van der Waals surface area contributed by atoms with E-state index in [1.54, 1.807) is 12.1 Å². The van der Waals surface area contributed by atoms with Gasteiger partial charge in [0.1, 0.15) is 12.1 Å². The summed E-state index contributed by atoms with van der Waals surface area (Å²) in [6.07, 6.45) is 1.53. The zero-order chi connectivity index (χ0) is 34.8. The van der Waals surface area contributed by atoms with Crippen LogP contribution in [0, 0.1) is 11.8 Å². The molecule has 2 aromatic carbocycles. The molecular weight excluding hydrogens is 636 g/mol. The minimum atomic E-state index is -0.871. The van der Waals surface area contributed by atoms with Gasteiger partial charge in [-0.25, -0.2) is 9.59 Å². The van der Waals surface area contributed by atoms with E-state index in [2.05, 4.69) is 0 Å². The molecule has 0 unspecified atom stereocenters. The summed E-state index contributed by atoms with van der Waals surface area (Å²) < 4.78 is 40.3. The number of cyclic esters (lactones) is 1. The monoisotopic (exact) mass is 680 g/mol. The normalized spacial score (nSPS) is 26.8. The predicted octanol–water partition coefficient (Wildman–Crippen LogP) is 4.83. The molecule has 49 heavy (non-hydrogen) atoms. The Kier molecular flexibility index (Phi) is 8.33. The molecule has 13 nitrogen and oxygen atoms in total. The third-order valence-corrected chi connectivity index (χ3v) is 10.7. The molecule has 2 aromatic rings. The van der Waals surface area contributed by atoms with Crippen molar-refractivity contribution in [3.05, 3.63) is 41.0 Å². The lowest BCUT2D eigenvalue weighted by molar-refractivity contribution is -0.257. The molecule has 1 N–H and O–H groups in total. The van der Waals surface area contributed by atoms with Crippen LogP contribution < -0.4 is 23.7 Å². The molecule has 4 aliphatic heterocycles. The van der Waals surface area contributed by atoms with Gasteiger partial charge in [-0.05, 0) is 87.9 Å². The first-order valence-electron chi connectivity index (χ1n) is 16.8. The quantitative estimate of drug-likeness (QED) is 0.330. The Labute approximate surface area is 285 Å². The van der Waals surface area contributed by atoms with E-state index in [4.69, 9.17) is 33.2 Å². The van der Waals surface area contributed by atoms with Gasteiger partial charge in [-0.15, -0.1) is 0 Å². The van der Waals surface area contributed by atoms with Crippen LogP contribution in [0.3, 0.4) is 0 Å². The van der Waals surface area contributed by atoms with Crippen molar-refractivity contribution in [1.29, 1.82) is 0 Å². The number of amides is 1. The molecule has 0 bridgehead atoms. The average Bonchev–Trinajstić information content (AvgIpc) is 3.81. The zero-order valence-corrected chi connectivity index (χ0v) is 28.8. The lowest BCUT2D eigenvalue weighted by atomic mass is 9.67. The van der Waals surface area contributed by atoms with Gasteiger partial charge in [-0.1, -0.05) is 0 Å². The number of piperidine rings is 1. The average molecular weight is 681 g/mol. The van der Waals surface area contributed by atoms with Crippen LogP contribution in [0.5, 0.6) is 28.7 Å². The van der Waals surface area contributed by atoms with E-state index < -0.39 is 47.1 Å². The van der Waals surface area contributed by atoms with Gasteiger partial charge >= 0.3 is 18.0 Å². The number of rotatable bonds is 6. The van der Waals surface area contributed by atoms with Crippen molar-refractivity contribution >= 4 is 18.0 Å². The van der Waals surface area contributed by atoms with Gasteiger partial charge in [-0.3, -0.25) is 9.69 Å². The fourth-order valence-electron chi connectivity index (χ4n) is 8.56. The second kappa shape index (κ2) is 12.3. The molecular formula is C36H44N2O11. The number of esters is 2. The second-order valence-electron chi connectivity index (χ2n) is 14.9. The highest BCUT2D eigenvalue weighted by Gasteiger charge is 2.49. The van der Waals surface area contributed by atoms with Crippen molar-refractivity contribution in [2.45, 2.75) is 88.9 Å². The summed E-state index contributed by atoms with van der Waals surface area (Å²) >= 11 is 0. The number of likely N-dealkylation sites (tertiary alicyclic amines) is 1. The van der Waals surface area contributed by atoms with Crippen molar-refractivity contribution in [1.82, 2.24) is 9.96 Å². The molecule has 5 aliphatic rings. The highest BCUT2D eigenvalue weighted by molar-refractivity contribution is 5.85. The smallest absolute Gasteiger partial charge is 0.410 e. The van der Waals surface area contributed by atoms with Crippen molar-refractivity contribution in [2.75, 3.05) is 34.2 Å². The maximum Gasteiger partial charge on any atom is 0.410 e. The molecule has 1 amide bonds. The number of carbonyl (C=O) groups excluding carboxylic acids is 3. The molecule has 3 fully saturated rings. The third-order valence-electron chi connectivity index (χ3n) is 10.7. The first-order valence-corrected chi connectivity index (χ1v) is 16.8. The number of hydroxylamine groups is 2. The minimum absolute atomic E-state index is 0.0266. The summed E-state index contributed by atoms with van der Waals surface area (Å²) in [5.41, 5.74) is 1.50. The highest BCUT2D eigenvalue weighted by Crippen LogP contribution is 2.52. The van der Waals surface area contributed by atoms with Gasteiger partial charge in [0.15, 0.2) is 23.0 Å². The number of ether oxygens (including phenoxy) is 7. The van der Waals surface area contributed by atoms with Gasteiger partial charge < -0.3 is 38.4 Å². The Hall–Kier alpha value is -4.23. The maximum atomic E-state index is 13.7. The van der Waals surface area contributed by atoms with E-state index in [9.17, 15) is 19.6 Å². The fraction of sp³-hybridized carbons (Fsp3) is 0.583. The SMILES string of the molecule is COc1cc([C@@H]2c3cc4c(cc3C[C@H]3COC(=O)[C@@H]32)OCO4)cc(OC)c1OC(=O)[C@@H]1CCCN1C(=O)OC1CC(C)(C)N(O)C(C)(C)C1. The summed E-state index contributed by atoms with van der Waals surface area (Å²) in [6, 6.07) is 6.55. The first kappa shape index (κ1) is 33.3. The van der Waals surface area contributed by atoms with Crippen LogP contribution in [0.15, 0.2) is 24.3 Å². The molecule has 13 heteroatoms. The Morgan fingerprint density at radius 3 is 2.24 bits per heavy atom. The van der Waals surface area contributed by atoms with E-state index in [1.165, 1.54) is 24.2 Å². The number of hydrogen-bond acceptors (Lipinski definition) is 12. The van der Waals surface area contributed by atoms with Crippen LogP contribution in [0.4, 0.5) is 4.79 Å².